The third kappa shape index (κ3) is 3.91. The Kier molecular flexibility index (Phi) is 5.51. The Hall–Kier alpha value is -1.68. The zero-order valence-corrected chi connectivity index (χ0v) is 14.2. The molecule has 4 heteroatoms. The molecule has 0 amide bonds. The number of halogens is 1. The summed E-state index contributed by atoms with van der Waals surface area (Å²) < 4.78 is 12.2. The normalized spacial score (nSPS) is 10.3. The van der Waals surface area contributed by atoms with Crippen molar-refractivity contribution >= 4 is 21.6 Å². The third-order valence-electron chi connectivity index (χ3n) is 3.22. The summed E-state index contributed by atoms with van der Waals surface area (Å²) in [5, 5.41) is 3.41. The predicted octanol–water partition coefficient (Wildman–Crippen LogP) is 4.78. The molecule has 0 aliphatic rings. The molecule has 0 radical (unpaired) electrons. The van der Waals surface area contributed by atoms with Gasteiger partial charge >= 0.3 is 0 Å². The van der Waals surface area contributed by atoms with Crippen LogP contribution in [0.5, 0.6) is 11.5 Å². The van der Waals surface area contributed by atoms with Crippen molar-refractivity contribution in [3.05, 3.63) is 52.0 Å². The highest BCUT2D eigenvalue weighted by atomic mass is 79.9. The van der Waals surface area contributed by atoms with Crippen molar-refractivity contribution in [3.8, 4) is 11.5 Å². The van der Waals surface area contributed by atoms with Gasteiger partial charge in [-0.05, 0) is 37.6 Å². The number of ether oxygens (including phenoxy) is 2. The van der Waals surface area contributed by atoms with Gasteiger partial charge in [-0.15, -0.1) is 0 Å². The number of nitrogens with one attached hydrogen (secondary N) is 1. The van der Waals surface area contributed by atoms with Gasteiger partial charge < -0.3 is 14.8 Å². The Morgan fingerprint density at radius 1 is 1.19 bits per heavy atom. The standard InChI is InChI=1S/C17H20BrNO2/c1-4-21-16-7-5-6-13(17(16)20-3)11-19-14-9-8-12(2)15(18)10-14/h5-10,19H,4,11H2,1-3H3. The number of hydrogen-bond acceptors (Lipinski definition) is 3. The van der Waals surface area contributed by atoms with Gasteiger partial charge in [-0.3, -0.25) is 0 Å². The summed E-state index contributed by atoms with van der Waals surface area (Å²) in [5.74, 6) is 1.57. The van der Waals surface area contributed by atoms with Crippen LogP contribution in [0.1, 0.15) is 18.1 Å². The molecule has 0 heterocycles. The number of aryl methyl sites for hydroxylation is 1. The second-order valence-corrected chi connectivity index (χ2v) is 5.55. The fourth-order valence-electron chi connectivity index (χ4n) is 2.10. The van der Waals surface area contributed by atoms with Crippen molar-refractivity contribution in [3.63, 3.8) is 0 Å². The average Bonchev–Trinajstić information content (AvgIpc) is 2.49. The van der Waals surface area contributed by atoms with E-state index in [1.165, 1.54) is 5.56 Å². The van der Waals surface area contributed by atoms with Gasteiger partial charge in [-0.25, -0.2) is 0 Å². The molecule has 2 rings (SSSR count). The molecule has 2 aromatic carbocycles. The van der Waals surface area contributed by atoms with Crippen LogP contribution in [0.3, 0.4) is 0 Å². The highest BCUT2D eigenvalue weighted by molar-refractivity contribution is 9.10. The number of para-hydroxylation sites is 1. The second-order valence-electron chi connectivity index (χ2n) is 4.70. The average molecular weight is 350 g/mol. The second kappa shape index (κ2) is 7.36. The molecule has 0 saturated carbocycles. The molecule has 0 spiro atoms. The molecule has 0 unspecified atom stereocenters. The minimum Gasteiger partial charge on any atom is -0.493 e. The summed E-state index contributed by atoms with van der Waals surface area (Å²) in [6.45, 7) is 5.34. The fourth-order valence-corrected chi connectivity index (χ4v) is 2.48. The number of anilines is 1. The van der Waals surface area contributed by atoms with Crippen LogP contribution in [0.25, 0.3) is 0 Å². The Bertz CT molecular complexity index is 614. The molecule has 0 atom stereocenters. The van der Waals surface area contributed by atoms with E-state index < -0.39 is 0 Å². The van der Waals surface area contributed by atoms with Crippen LogP contribution < -0.4 is 14.8 Å². The quantitative estimate of drug-likeness (QED) is 0.814. The maximum atomic E-state index is 5.60. The van der Waals surface area contributed by atoms with Crippen LogP contribution in [0.4, 0.5) is 5.69 Å². The molecule has 0 bridgehead atoms. The first-order valence-electron chi connectivity index (χ1n) is 6.94. The molecule has 0 aromatic heterocycles. The molecule has 2 aromatic rings. The van der Waals surface area contributed by atoms with Crippen molar-refractivity contribution in [1.82, 2.24) is 0 Å². The van der Waals surface area contributed by atoms with Gasteiger partial charge in [0.25, 0.3) is 0 Å². The molecular weight excluding hydrogens is 330 g/mol. The van der Waals surface area contributed by atoms with Crippen LogP contribution >= 0.6 is 15.9 Å². The van der Waals surface area contributed by atoms with Crippen LogP contribution in [0.15, 0.2) is 40.9 Å². The largest absolute Gasteiger partial charge is 0.493 e. The van der Waals surface area contributed by atoms with Crippen molar-refractivity contribution < 1.29 is 9.47 Å². The first-order valence-corrected chi connectivity index (χ1v) is 7.73. The zero-order chi connectivity index (χ0) is 15.2. The van der Waals surface area contributed by atoms with Crippen molar-refractivity contribution in [2.24, 2.45) is 0 Å². The summed E-state index contributed by atoms with van der Waals surface area (Å²) in [4.78, 5) is 0. The Labute approximate surface area is 134 Å². The van der Waals surface area contributed by atoms with Crippen molar-refractivity contribution in [2.45, 2.75) is 20.4 Å². The SMILES string of the molecule is CCOc1cccc(CNc2ccc(C)c(Br)c2)c1OC. The highest BCUT2D eigenvalue weighted by Crippen LogP contribution is 2.31. The van der Waals surface area contributed by atoms with Gasteiger partial charge in [0.15, 0.2) is 11.5 Å². The van der Waals surface area contributed by atoms with E-state index >= 15 is 0 Å². The fraction of sp³-hybridized carbons (Fsp3) is 0.294. The van der Waals surface area contributed by atoms with E-state index in [2.05, 4.69) is 46.4 Å². The molecule has 0 saturated heterocycles. The van der Waals surface area contributed by atoms with E-state index in [9.17, 15) is 0 Å². The summed E-state index contributed by atoms with van der Waals surface area (Å²) in [6, 6.07) is 12.2. The summed E-state index contributed by atoms with van der Waals surface area (Å²) >= 11 is 3.55. The van der Waals surface area contributed by atoms with Gasteiger partial charge in [-0.2, -0.15) is 0 Å². The van der Waals surface area contributed by atoms with Gasteiger partial charge in [0, 0.05) is 22.3 Å². The molecule has 112 valence electrons. The zero-order valence-electron chi connectivity index (χ0n) is 12.6. The summed E-state index contributed by atoms with van der Waals surface area (Å²) in [6.07, 6.45) is 0. The van der Waals surface area contributed by atoms with E-state index in [0.717, 1.165) is 27.2 Å². The van der Waals surface area contributed by atoms with Crippen molar-refractivity contribution in [1.29, 1.82) is 0 Å². The van der Waals surface area contributed by atoms with Crippen LogP contribution in [-0.2, 0) is 6.54 Å². The highest BCUT2D eigenvalue weighted by Gasteiger charge is 2.09. The molecular formula is C17H20BrNO2. The van der Waals surface area contributed by atoms with Gasteiger partial charge in [0.1, 0.15) is 0 Å². The van der Waals surface area contributed by atoms with Crippen molar-refractivity contribution in [2.75, 3.05) is 19.0 Å². The molecule has 1 N–H and O–H groups in total. The molecule has 3 nitrogen and oxygen atoms in total. The molecule has 21 heavy (non-hydrogen) atoms. The minimum atomic E-state index is 0.623. The first kappa shape index (κ1) is 15.7. The monoisotopic (exact) mass is 349 g/mol. The summed E-state index contributed by atoms with van der Waals surface area (Å²) in [5.41, 5.74) is 3.35. The van der Waals surface area contributed by atoms with E-state index in [1.807, 2.05) is 25.1 Å². The van der Waals surface area contributed by atoms with E-state index in [4.69, 9.17) is 9.47 Å². The number of methoxy groups -OCH3 is 1. The van der Waals surface area contributed by atoms with E-state index in [0.29, 0.717) is 13.2 Å². The lowest BCUT2D eigenvalue weighted by Crippen LogP contribution is -2.04. The van der Waals surface area contributed by atoms with Crippen LogP contribution in [0, 0.1) is 6.92 Å². The summed E-state index contributed by atoms with van der Waals surface area (Å²) in [7, 11) is 1.67. The molecule has 0 fully saturated rings. The molecule has 0 aliphatic heterocycles. The Morgan fingerprint density at radius 2 is 2.00 bits per heavy atom. The number of benzene rings is 2. The lowest BCUT2D eigenvalue weighted by molar-refractivity contribution is 0.309. The lowest BCUT2D eigenvalue weighted by atomic mass is 10.1. The van der Waals surface area contributed by atoms with Gasteiger partial charge in [0.2, 0.25) is 0 Å². The van der Waals surface area contributed by atoms with Crippen LogP contribution in [0.2, 0.25) is 0 Å². The van der Waals surface area contributed by atoms with Crippen LogP contribution in [-0.4, -0.2) is 13.7 Å². The minimum absolute atomic E-state index is 0.623. The maximum Gasteiger partial charge on any atom is 0.165 e. The van der Waals surface area contributed by atoms with Gasteiger partial charge in [0.05, 0.1) is 13.7 Å². The van der Waals surface area contributed by atoms with E-state index in [1.54, 1.807) is 7.11 Å². The van der Waals surface area contributed by atoms with E-state index in [-0.39, 0.29) is 0 Å². The Balaban J connectivity index is 2.15. The predicted molar refractivity (Wildman–Crippen MR) is 90.4 cm³/mol. The maximum absolute atomic E-state index is 5.60. The Morgan fingerprint density at radius 3 is 2.67 bits per heavy atom. The first-order chi connectivity index (χ1) is 10.2. The van der Waals surface area contributed by atoms with Gasteiger partial charge in [-0.1, -0.05) is 34.1 Å². The number of hydrogen-bond donors (Lipinski definition) is 1. The number of rotatable bonds is 6. The lowest BCUT2D eigenvalue weighted by Gasteiger charge is -2.15. The third-order valence-corrected chi connectivity index (χ3v) is 4.07. The molecule has 0 aliphatic carbocycles. The topological polar surface area (TPSA) is 30.5 Å². The smallest absolute Gasteiger partial charge is 0.165 e.